The minimum Gasteiger partial charge on any atom is -0.312 e. The zero-order chi connectivity index (χ0) is 9.19. The highest BCUT2D eigenvalue weighted by molar-refractivity contribution is 9.10. The van der Waals surface area contributed by atoms with Gasteiger partial charge in [-0.2, -0.15) is 10.4 Å². The van der Waals surface area contributed by atoms with Crippen LogP contribution in [0, 0.1) is 11.3 Å². The first-order valence-electron chi connectivity index (χ1n) is 3.41. The number of aromatic nitrogens is 2. The second-order valence-electron chi connectivity index (χ2n) is 2.89. The molecule has 4 nitrogen and oxygen atoms in total. The fraction of sp³-hybridized carbons (Fsp3) is 0.429. The van der Waals surface area contributed by atoms with Gasteiger partial charge < -0.3 is 5.73 Å². The first-order chi connectivity index (χ1) is 5.53. The Morgan fingerprint density at radius 2 is 2.58 bits per heavy atom. The first kappa shape index (κ1) is 9.23. The molecular weight excluding hydrogens is 220 g/mol. The molecule has 1 aromatic rings. The van der Waals surface area contributed by atoms with E-state index in [1.165, 1.54) is 0 Å². The Bertz CT molecular complexity index is 309. The zero-order valence-corrected chi connectivity index (χ0v) is 8.24. The van der Waals surface area contributed by atoms with Gasteiger partial charge in [0, 0.05) is 6.20 Å². The number of halogens is 1. The van der Waals surface area contributed by atoms with Gasteiger partial charge >= 0.3 is 0 Å². The second-order valence-corrected chi connectivity index (χ2v) is 3.80. The third kappa shape index (κ3) is 2.32. The highest BCUT2D eigenvalue weighted by Gasteiger charge is 2.18. The van der Waals surface area contributed by atoms with E-state index in [2.05, 4.69) is 21.0 Å². The van der Waals surface area contributed by atoms with Gasteiger partial charge in [-0.05, 0) is 22.9 Å². The van der Waals surface area contributed by atoms with Crippen LogP contribution in [0.4, 0.5) is 0 Å². The average Bonchev–Trinajstić information content (AvgIpc) is 2.35. The van der Waals surface area contributed by atoms with Gasteiger partial charge in [0.25, 0.3) is 0 Å². The van der Waals surface area contributed by atoms with E-state index < -0.39 is 5.54 Å². The number of hydrogen-bond acceptors (Lipinski definition) is 3. The molecular formula is C7H9BrN4. The molecule has 1 atom stereocenters. The molecule has 0 aliphatic heterocycles. The standard InChI is InChI=1S/C7H9BrN4/c1-7(10,4-9)5-12-3-6(8)2-11-12/h2-3H,5,10H2,1H3. The SMILES string of the molecule is CC(N)(C#N)Cn1cc(Br)cn1. The number of nitrogens with zero attached hydrogens (tertiary/aromatic N) is 3. The summed E-state index contributed by atoms with van der Waals surface area (Å²) in [5, 5.41) is 12.6. The Hall–Kier alpha value is -0.860. The summed E-state index contributed by atoms with van der Waals surface area (Å²) >= 11 is 3.25. The van der Waals surface area contributed by atoms with Crippen LogP contribution in [0.3, 0.4) is 0 Å². The Labute approximate surface area is 79.1 Å². The van der Waals surface area contributed by atoms with Gasteiger partial charge in [-0.3, -0.25) is 4.68 Å². The lowest BCUT2D eigenvalue weighted by Gasteiger charge is -2.14. The van der Waals surface area contributed by atoms with Crippen molar-refractivity contribution in [2.45, 2.75) is 19.0 Å². The maximum absolute atomic E-state index is 8.63. The highest BCUT2D eigenvalue weighted by Crippen LogP contribution is 2.08. The van der Waals surface area contributed by atoms with Gasteiger partial charge in [0.15, 0.2) is 0 Å². The van der Waals surface area contributed by atoms with Gasteiger partial charge in [0.2, 0.25) is 0 Å². The first-order valence-corrected chi connectivity index (χ1v) is 4.21. The fourth-order valence-corrected chi connectivity index (χ4v) is 1.12. The molecule has 64 valence electrons. The largest absolute Gasteiger partial charge is 0.312 e. The van der Waals surface area contributed by atoms with Gasteiger partial charge in [0.05, 0.1) is 23.3 Å². The summed E-state index contributed by atoms with van der Waals surface area (Å²) in [6.07, 6.45) is 3.44. The van der Waals surface area contributed by atoms with Crippen molar-refractivity contribution < 1.29 is 0 Å². The van der Waals surface area contributed by atoms with E-state index in [-0.39, 0.29) is 0 Å². The normalized spacial score (nSPS) is 15.2. The third-order valence-electron chi connectivity index (χ3n) is 1.35. The van der Waals surface area contributed by atoms with E-state index in [9.17, 15) is 0 Å². The Kier molecular flexibility index (Phi) is 2.50. The predicted molar refractivity (Wildman–Crippen MR) is 48.1 cm³/mol. The molecule has 0 saturated heterocycles. The van der Waals surface area contributed by atoms with Crippen LogP contribution >= 0.6 is 15.9 Å². The number of nitrogens with two attached hydrogens (primary N) is 1. The molecule has 0 spiro atoms. The fourth-order valence-electron chi connectivity index (χ4n) is 0.797. The van der Waals surface area contributed by atoms with Crippen molar-refractivity contribution in [3.8, 4) is 6.07 Å². The lowest BCUT2D eigenvalue weighted by atomic mass is 10.1. The van der Waals surface area contributed by atoms with Crippen molar-refractivity contribution in [1.82, 2.24) is 9.78 Å². The van der Waals surface area contributed by atoms with E-state index in [0.717, 1.165) is 4.47 Å². The van der Waals surface area contributed by atoms with E-state index in [4.69, 9.17) is 11.0 Å². The molecule has 1 aromatic heterocycles. The summed E-state index contributed by atoms with van der Waals surface area (Å²) in [4.78, 5) is 0. The van der Waals surface area contributed by atoms with Crippen molar-refractivity contribution in [2.24, 2.45) is 5.73 Å². The van der Waals surface area contributed by atoms with Crippen molar-refractivity contribution in [3.63, 3.8) is 0 Å². The molecule has 0 aromatic carbocycles. The van der Waals surface area contributed by atoms with E-state index in [0.29, 0.717) is 6.54 Å². The van der Waals surface area contributed by atoms with E-state index >= 15 is 0 Å². The van der Waals surface area contributed by atoms with Gasteiger partial charge in [0.1, 0.15) is 5.54 Å². The van der Waals surface area contributed by atoms with Crippen LogP contribution in [0.2, 0.25) is 0 Å². The summed E-state index contributed by atoms with van der Waals surface area (Å²) in [6, 6.07) is 2.00. The molecule has 5 heteroatoms. The lowest BCUT2D eigenvalue weighted by molar-refractivity contribution is 0.459. The quantitative estimate of drug-likeness (QED) is 0.818. The predicted octanol–water partition coefficient (Wildman–Crippen LogP) is 0.887. The van der Waals surface area contributed by atoms with Crippen LogP contribution in [-0.4, -0.2) is 15.3 Å². The molecule has 0 amide bonds. The molecule has 12 heavy (non-hydrogen) atoms. The zero-order valence-electron chi connectivity index (χ0n) is 6.66. The Morgan fingerprint density at radius 1 is 1.92 bits per heavy atom. The average molecular weight is 229 g/mol. The second kappa shape index (κ2) is 3.25. The van der Waals surface area contributed by atoms with Crippen molar-refractivity contribution in [3.05, 3.63) is 16.9 Å². The molecule has 1 heterocycles. The third-order valence-corrected chi connectivity index (χ3v) is 1.76. The van der Waals surface area contributed by atoms with Crippen LogP contribution in [0.15, 0.2) is 16.9 Å². The van der Waals surface area contributed by atoms with Gasteiger partial charge in [-0.25, -0.2) is 0 Å². The molecule has 0 bridgehead atoms. The minimum absolute atomic E-state index is 0.398. The van der Waals surface area contributed by atoms with Crippen molar-refractivity contribution in [1.29, 1.82) is 5.26 Å². The summed E-state index contributed by atoms with van der Waals surface area (Å²) in [6.45, 7) is 2.07. The van der Waals surface area contributed by atoms with Crippen LogP contribution in [0.5, 0.6) is 0 Å². The molecule has 1 rings (SSSR count). The molecule has 0 fully saturated rings. The summed E-state index contributed by atoms with van der Waals surface area (Å²) in [5.74, 6) is 0. The van der Waals surface area contributed by atoms with Gasteiger partial charge in [-0.1, -0.05) is 0 Å². The monoisotopic (exact) mass is 228 g/mol. The van der Waals surface area contributed by atoms with Crippen molar-refractivity contribution >= 4 is 15.9 Å². The summed E-state index contributed by atoms with van der Waals surface area (Å²) in [5.41, 5.74) is 4.76. The number of hydrogen-bond donors (Lipinski definition) is 1. The summed E-state index contributed by atoms with van der Waals surface area (Å²) < 4.78 is 2.52. The van der Waals surface area contributed by atoms with E-state index in [1.807, 2.05) is 6.07 Å². The smallest absolute Gasteiger partial charge is 0.121 e. The summed E-state index contributed by atoms with van der Waals surface area (Å²) in [7, 11) is 0. The molecule has 1 unspecified atom stereocenters. The topological polar surface area (TPSA) is 67.6 Å². The number of rotatable bonds is 2. The number of nitriles is 1. The van der Waals surface area contributed by atoms with Crippen LogP contribution in [0.1, 0.15) is 6.92 Å². The van der Waals surface area contributed by atoms with Crippen molar-refractivity contribution in [2.75, 3.05) is 0 Å². The lowest BCUT2D eigenvalue weighted by Crippen LogP contribution is -2.39. The maximum Gasteiger partial charge on any atom is 0.121 e. The van der Waals surface area contributed by atoms with E-state index in [1.54, 1.807) is 24.0 Å². The highest BCUT2D eigenvalue weighted by atomic mass is 79.9. The molecule has 2 N–H and O–H groups in total. The Morgan fingerprint density at radius 3 is 3.00 bits per heavy atom. The molecule has 0 radical (unpaired) electrons. The maximum atomic E-state index is 8.63. The van der Waals surface area contributed by atoms with Gasteiger partial charge in [-0.15, -0.1) is 0 Å². The minimum atomic E-state index is -0.856. The van der Waals surface area contributed by atoms with Crippen LogP contribution < -0.4 is 5.73 Å². The van der Waals surface area contributed by atoms with Crippen LogP contribution in [-0.2, 0) is 6.54 Å². The molecule has 0 aliphatic rings. The van der Waals surface area contributed by atoms with Crippen LogP contribution in [0.25, 0.3) is 0 Å². The molecule has 0 saturated carbocycles. The molecule has 0 aliphatic carbocycles. The Balaban J connectivity index is 2.72.